The van der Waals surface area contributed by atoms with Crippen molar-refractivity contribution >= 4 is 11.9 Å². The SMILES string of the molecule is CCCCCC/C=C\C/C=C\CCCCCCCCCC(=O)OCCCCCCCCCCCCC/C=C\C/C=C\CCCCCCCCCCCCCCCCCCCC(=O)NC(CO)C(O)/C=C/CCCCCCCCCCC. The standard InChI is InChI=1S/C75H139NO5/c1-3-5-7-9-11-13-15-16-17-18-39-42-45-49-53-57-61-65-69-75(80)81-70-66-62-58-54-50-46-43-40-37-35-33-31-29-27-25-23-21-19-20-22-24-26-28-30-32-34-36-38-41-44-48-52-56-60-64-68-74(79)76-72(71-77)73(78)67-63-59-55-51-47-14-12-10-8-6-4-2/h13,15,17-18,21,23,27,29,63,67,72-73,77-78H,3-12,14,16,19-20,22,24-26,28,30-62,64-66,68-71H2,1-2H3,(H,76,79)/b15-13-,18-17-,23-21-,29-27-,67-63+. The molecule has 0 aliphatic rings. The van der Waals surface area contributed by atoms with Gasteiger partial charge >= 0.3 is 5.97 Å². The van der Waals surface area contributed by atoms with Gasteiger partial charge in [-0.2, -0.15) is 0 Å². The average Bonchev–Trinajstić information content (AvgIpc) is 3.47. The van der Waals surface area contributed by atoms with Gasteiger partial charge in [0.1, 0.15) is 0 Å². The molecule has 0 aliphatic carbocycles. The van der Waals surface area contributed by atoms with E-state index >= 15 is 0 Å². The number of aliphatic hydroxyl groups excluding tert-OH is 2. The van der Waals surface area contributed by atoms with Crippen LogP contribution in [0.2, 0.25) is 0 Å². The van der Waals surface area contributed by atoms with Crippen molar-refractivity contribution in [1.82, 2.24) is 5.32 Å². The Labute approximate surface area is 505 Å². The van der Waals surface area contributed by atoms with E-state index in [9.17, 15) is 19.8 Å². The van der Waals surface area contributed by atoms with E-state index in [0.717, 1.165) is 57.8 Å². The van der Waals surface area contributed by atoms with Gasteiger partial charge < -0.3 is 20.3 Å². The number of rotatable bonds is 67. The van der Waals surface area contributed by atoms with Gasteiger partial charge in [0.2, 0.25) is 5.91 Å². The Balaban J connectivity index is 3.37. The Bertz CT molecular complexity index is 1400. The first-order chi connectivity index (χ1) is 40.0. The number of amides is 1. The lowest BCUT2D eigenvalue weighted by molar-refractivity contribution is -0.143. The first-order valence-corrected chi connectivity index (χ1v) is 36.1. The van der Waals surface area contributed by atoms with Crippen molar-refractivity contribution in [3.63, 3.8) is 0 Å². The molecular weight excluding hydrogens is 995 g/mol. The summed E-state index contributed by atoms with van der Waals surface area (Å²) in [5, 5.41) is 23.1. The van der Waals surface area contributed by atoms with Crippen molar-refractivity contribution in [3.8, 4) is 0 Å². The largest absolute Gasteiger partial charge is 0.466 e. The van der Waals surface area contributed by atoms with Crippen molar-refractivity contribution in [3.05, 3.63) is 60.8 Å². The van der Waals surface area contributed by atoms with E-state index in [1.807, 2.05) is 6.08 Å². The maximum absolute atomic E-state index is 12.4. The van der Waals surface area contributed by atoms with Crippen LogP contribution in [0.4, 0.5) is 0 Å². The van der Waals surface area contributed by atoms with Crippen molar-refractivity contribution in [2.75, 3.05) is 13.2 Å². The van der Waals surface area contributed by atoms with Crippen molar-refractivity contribution in [2.45, 2.75) is 392 Å². The second-order valence-corrected chi connectivity index (χ2v) is 24.6. The van der Waals surface area contributed by atoms with E-state index in [-0.39, 0.29) is 18.5 Å². The van der Waals surface area contributed by atoms with Crippen LogP contribution in [0.15, 0.2) is 60.8 Å². The maximum Gasteiger partial charge on any atom is 0.305 e. The third kappa shape index (κ3) is 66.6. The molecular formula is C75H139NO5. The Morgan fingerprint density at radius 2 is 0.617 bits per heavy atom. The number of esters is 1. The third-order valence-corrected chi connectivity index (χ3v) is 16.5. The van der Waals surface area contributed by atoms with Crippen LogP contribution in [0.25, 0.3) is 0 Å². The molecule has 81 heavy (non-hydrogen) atoms. The van der Waals surface area contributed by atoms with Crippen LogP contribution >= 0.6 is 0 Å². The van der Waals surface area contributed by atoms with Gasteiger partial charge in [0, 0.05) is 12.8 Å². The minimum Gasteiger partial charge on any atom is -0.466 e. The lowest BCUT2D eigenvalue weighted by Crippen LogP contribution is -2.45. The van der Waals surface area contributed by atoms with Gasteiger partial charge in [-0.05, 0) is 96.3 Å². The molecule has 0 saturated heterocycles. The minimum absolute atomic E-state index is 0.00904. The Kier molecular flexibility index (Phi) is 67.9. The van der Waals surface area contributed by atoms with Gasteiger partial charge in [0.05, 0.1) is 25.4 Å². The highest BCUT2D eigenvalue weighted by atomic mass is 16.5. The van der Waals surface area contributed by atoms with Crippen molar-refractivity contribution in [1.29, 1.82) is 0 Å². The fourth-order valence-electron chi connectivity index (χ4n) is 11.0. The van der Waals surface area contributed by atoms with Gasteiger partial charge in [0.15, 0.2) is 0 Å². The van der Waals surface area contributed by atoms with Crippen LogP contribution in [-0.2, 0) is 14.3 Å². The molecule has 0 spiro atoms. The van der Waals surface area contributed by atoms with Gasteiger partial charge in [-0.25, -0.2) is 0 Å². The molecule has 0 aromatic heterocycles. The second-order valence-electron chi connectivity index (χ2n) is 24.6. The van der Waals surface area contributed by atoms with E-state index in [1.165, 1.54) is 295 Å². The number of hydrogen-bond acceptors (Lipinski definition) is 5. The molecule has 0 saturated carbocycles. The number of carbonyl (C=O) groups is 2. The molecule has 0 rings (SSSR count). The summed E-state index contributed by atoms with van der Waals surface area (Å²) in [5.74, 6) is -0.0572. The molecule has 6 nitrogen and oxygen atoms in total. The number of allylic oxidation sites excluding steroid dienone is 9. The molecule has 0 bridgehead atoms. The highest BCUT2D eigenvalue weighted by molar-refractivity contribution is 5.76. The first kappa shape index (κ1) is 78.6. The molecule has 2 atom stereocenters. The molecule has 0 aromatic carbocycles. The van der Waals surface area contributed by atoms with E-state index < -0.39 is 12.1 Å². The first-order valence-electron chi connectivity index (χ1n) is 36.1. The molecule has 0 aromatic rings. The predicted octanol–water partition coefficient (Wildman–Crippen LogP) is 23.4. The van der Waals surface area contributed by atoms with Gasteiger partial charge in [-0.15, -0.1) is 0 Å². The van der Waals surface area contributed by atoms with Crippen LogP contribution in [0.1, 0.15) is 380 Å². The van der Waals surface area contributed by atoms with E-state index in [4.69, 9.17) is 4.74 Å². The Morgan fingerprint density at radius 1 is 0.346 bits per heavy atom. The second kappa shape index (κ2) is 70.0. The number of nitrogens with one attached hydrogen (secondary N) is 1. The zero-order chi connectivity index (χ0) is 58.5. The summed E-state index contributed by atoms with van der Waals surface area (Å²) < 4.78 is 5.50. The van der Waals surface area contributed by atoms with Crippen molar-refractivity contribution < 1.29 is 24.5 Å². The summed E-state index contributed by atoms with van der Waals surface area (Å²) in [6, 6.07) is -0.625. The minimum atomic E-state index is -0.842. The predicted molar refractivity (Wildman–Crippen MR) is 356 cm³/mol. The highest BCUT2D eigenvalue weighted by Gasteiger charge is 2.18. The summed E-state index contributed by atoms with van der Waals surface area (Å²) in [6.07, 6.45) is 93.2. The van der Waals surface area contributed by atoms with Crippen LogP contribution in [0, 0.1) is 0 Å². The fraction of sp³-hybridized carbons (Fsp3) is 0.840. The van der Waals surface area contributed by atoms with Crippen LogP contribution in [-0.4, -0.2) is 47.4 Å². The summed E-state index contributed by atoms with van der Waals surface area (Å²) in [7, 11) is 0. The van der Waals surface area contributed by atoms with Gasteiger partial charge in [0.25, 0.3) is 0 Å². The van der Waals surface area contributed by atoms with Gasteiger partial charge in [-0.1, -0.05) is 331 Å². The Hall–Kier alpha value is -2.44. The average molecular weight is 1130 g/mol. The smallest absolute Gasteiger partial charge is 0.305 e. The topological polar surface area (TPSA) is 95.9 Å². The molecule has 6 heteroatoms. The number of hydrogen-bond donors (Lipinski definition) is 3. The molecule has 474 valence electrons. The van der Waals surface area contributed by atoms with E-state index in [0.29, 0.717) is 19.4 Å². The maximum atomic E-state index is 12.4. The summed E-state index contributed by atoms with van der Waals surface area (Å²) >= 11 is 0. The summed E-state index contributed by atoms with van der Waals surface area (Å²) in [4.78, 5) is 24.5. The number of ether oxygens (including phenoxy) is 1. The van der Waals surface area contributed by atoms with Crippen molar-refractivity contribution in [2.24, 2.45) is 0 Å². The summed E-state index contributed by atoms with van der Waals surface area (Å²) in [6.45, 7) is 4.89. The van der Waals surface area contributed by atoms with Crippen LogP contribution in [0.3, 0.4) is 0 Å². The Morgan fingerprint density at radius 3 is 0.951 bits per heavy atom. The molecule has 2 unspecified atom stereocenters. The van der Waals surface area contributed by atoms with Crippen LogP contribution < -0.4 is 5.32 Å². The highest BCUT2D eigenvalue weighted by Crippen LogP contribution is 2.18. The normalized spacial score (nSPS) is 12.9. The molecule has 0 heterocycles. The van der Waals surface area contributed by atoms with Gasteiger partial charge in [-0.3, -0.25) is 9.59 Å². The van der Waals surface area contributed by atoms with Crippen LogP contribution in [0.5, 0.6) is 0 Å². The fourth-order valence-corrected chi connectivity index (χ4v) is 11.0. The third-order valence-electron chi connectivity index (χ3n) is 16.5. The molecule has 0 aliphatic heterocycles. The van der Waals surface area contributed by atoms with E-state index in [1.54, 1.807) is 6.08 Å². The number of unbranched alkanes of at least 4 members (excludes halogenated alkanes) is 48. The zero-order valence-electron chi connectivity index (χ0n) is 54.3. The molecule has 1 amide bonds. The lowest BCUT2D eigenvalue weighted by atomic mass is 10.0. The van der Waals surface area contributed by atoms with E-state index in [2.05, 4.69) is 67.8 Å². The molecule has 0 radical (unpaired) electrons. The molecule has 0 fully saturated rings. The lowest BCUT2D eigenvalue weighted by Gasteiger charge is -2.20. The molecule has 3 N–H and O–H groups in total. The number of aliphatic hydroxyl groups is 2. The quantitative estimate of drug-likeness (QED) is 0.0320. The summed E-state index contributed by atoms with van der Waals surface area (Å²) in [5.41, 5.74) is 0. The zero-order valence-corrected chi connectivity index (χ0v) is 54.3. The number of carbonyl (C=O) groups excluding carboxylic acids is 2. The monoisotopic (exact) mass is 1130 g/mol.